The van der Waals surface area contributed by atoms with Gasteiger partial charge in [0.15, 0.2) is 0 Å². The summed E-state index contributed by atoms with van der Waals surface area (Å²) in [6.07, 6.45) is 2.17. The molecule has 1 aliphatic rings. The highest BCUT2D eigenvalue weighted by atomic mass is 16.5. The molecule has 0 aromatic heterocycles. The van der Waals surface area contributed by atoms with E-state index in [0.717, 1.165) is 38.1 Å². The van der Waals surface area contributed by atoms with E-state index in [2.05, 4.69) is 37.4 Å². The van der Waals surface area contributed by atoms with Crippen molar-refractivity contribution < 1.29 is 9.53 Å². The van der Waals surface area contributed by atoms with Crippen molar-refractivity contribution >= 4 is 6.03 Å². The quantitative estimate of drug-likeness (QED) is 0.924. The molecule has 0 radical (unpaired) electrons. The van der Waals surface area contributed by atoms with E-state index in [1.165, 1.54) is 11.1 Å². The van der Waals surface area contributed by atoms with Gasteiger partial charge in [-0.1, -0.05) is 29.3 Å². The number of carbonyl (C=O) groups is 1. The molecule has 122 valence electrons. The Hall–Kier alpha value is -1.55. The highest BCUT2D eigenvalue weighted by molar-refractivity contribution is 5.74. The van der Waals surface area contributed by atoms with Crippen LogP contribution in [-0.4, -0.2) is 36.7 Å². The van der Waals surface area contributed by atoms with Crippen molar-refractivity contribution in [1.29, 1.82) is 0 Å². The molecular weight excluding hydrogens is 276 g/mol. The van der Waals surface area contributed by atoms with E-state index in [0.29, 0.717) is 6.10 Å². The fourth-order valence-electron chi connectivity index (χ4n) is 3.08. The molecule has 1 atom stereocenters. The summed E-state index contributed by atoms with van der Waals surface area (Å²) in [5, 5.41) is 3.11. The van der Waals surface area contributed by atoms with Gasteiger partial charge in [-0.05, 0) is 46.1 Å². The minimum atomic E-state index is 0.0238. The van der Waals surface area contributed by atoms with Gasteiger partial charge in [0.05, 0.1) is 12.1 Å². The maximum Gasteiger partial charge on any atom is 0.317 e. The van der Waals surface area contributed by atoms with Gasteiger partial charge in [0.2, 0.25) is 0 Å². The van der Waals surface area contributed by atoms with Gasteiger partial charge in [0.25, 0.3) is 0 Å². The summed E-state index contributed by atoms with van der Waals surface area (Å²) in [4.78, 5) is 14.3. The lowest BCUT2D eigenvalue weighted by Crippen LogP contribution is -2.46. The largest absolute Gasteiger partial charge is 0.378 e. The summed E-state index contributed by atoms with van der Waals surface area (Å²) in [5.41, 5.74) is 3.62. The van der Waals surface area contributed by atoms with Gasteiger partial charge in [0, 0.05) is 19.7 Å². The second-order valence-corrected chi connectivity index (χ2v) is 6.23. The highest BCUT2D eigenvalue weighted by Gasteiger charge is 2.23. The SMILES string of the molecule is CCOC1CCN(C(=O)NC(C)c2cc(C)cc(C)c2)CC1. The lowest BCUT2D eigenvalue weighted by atomic mass is 10.0. The first-order chi connectivity index (χ1) is 10.5. The first kappa shape index (κ1) is 16.8. The second kappa shape index (κ2) is 7.63. The molecule has 0 aliphatic carbocycles. The molecular formula is C18H28N2O2. The Kier molecular flexibility index (Phi) is 5.83. The molecule has 4 heteroatoms. The van der Waals surface area contributed by atoms with Crippen molar-refractivity contribution in [2.75, 3.05) is 19.7 Å². The Morgan fingerprint density at radius 3 is 2.41 bits per heavy atom. The van der Waals surface area contributed by atoms with Crippen LogP contribution in [-0.2, 0) is 4.74 Å². The van der Waals surface area contributed by atoms with Gasteiger partial charge in [0.1, 0.15) is 0 Å². The first-order valence-electron chi connectivity index (χ1n) is 8.24. The summed E-state index contributed by atoms with van der Waals surface area (Å²) >= 11 is 0. The molecule has 2 amide bonds. The summed E-state index contributed by atoms with van der Waals surface area (Å²) in [7, 11) is 0. The van der Waals surface area contributed by atoms with Crippen LogP contribution in [0.25, 0.3) is 0 Å². The fourth-order valence-corrected chi connectivity index (χ4v) is 3.08. The van der Waals surface area contributed by atoms with E-state index in [-0.39, 0.29) is 12.1 Å². The number of hydrogen-bond acceptors (Lipinski definition) is 2. The number of hydrogen-bond donors (Lipinski definition) is 1. The molecule has 1 aliphatic heterocycles. The van der Waals surface area contributed by atoms with Crippen LogP contribution in [0.1, 0.15) is 49.4 Å². The van der Waals surface area contributed by atoms with E-state index in [4.69, 9.17) is 4.74 Å². The van der Waals surface area contributed by atoms with Crippen LogP contribution in [0.4, 0.5) is 4.79 Å². The number of nitrogens with one attached hydrogen (secondary N) is 1. The lowest BCUT2D eigenvalue weighted by molar-refractivity contribution is 0.0218. The molecule has 1 fully saturated rings. The Labute approximate surface area is 133 Å². The van der Waals surface area contributed by atoms with Gasteiger partial charge in [-0.25, -0.2) is 4.79 Å². The third-order valence-electron chi connectivity index (χ3n) is 4.22. The second-order valence-electron chi connectivity index (χ2n) is 6.23. The van der Waals surface area contributed by atoms with Crippen LogP contribution in [0, 0.1) is 13.8 Å². The van der Waals surface area contributed by atoms with E-state index >= 15 is 0 Å². The van der Waals surface area contributed by atoms with E-state index in [1.54, 1.807) is 0 Å². The molecule has 22 heavy (non-hydrogen) atoms. The molecule has 1 aromatic carbocycles. The summed E-state index contributed by atoms with van der Waals surface area (Å²) in [5.74, 6) is 0. The number of benzene rings is 1. The predicted molar refractivity (Wildman–Crippen MR) is 89.1 cm³/mol. The van der Waals surface area contributed by atoms with Gasteiger partial charge in [-0.15, -0.1) is 0 Å². The van der Waals surface area contributed by atoms with E-state index < -0.39 is 0 Å². The number of rotatable bonds is 4. The maximum absolute atomic E-state index is 12.4. The molecule has 1 unspecified atom stereocenters. The van der Waals surface area contributed by atoms with Gasteiger partial charge < -0.3 is 15.0 Å². The molecule has 1 heterocycles. The summed E-state index contributed by atoms with van der Waals surface area (Å²) < 4.78 is 5.63. The first-order valence-corrected chi connectivity index (χ1v) is 8.24. The topological polar surface area (TPSA) is 41.6 Å². The van der Waals surface area contributed by atoms with Crippen molar-refractivity contribution in [2.45, 2.75) is 52.7 Å². The number of likely N-dealkylation sites (tertiary alicyclic amines) is 1. The maximum atomic E-state index is 12.4. The predicted octanol–water partition coefficient (Wildman–Crippen LogP) is 3.57. The zero-order chi connectivity index (χ0) is 16.1. The van der Waals surface area contributed by atoms with Crippen molar-refractivity contribution in [2.24, 2.45) is 0 Å². The Balaban J connectivity index is 1.89. The minimum absolute atomic E-state index is 0.0238. The molecule has 1 N–H and O–H groups in total. The van der Waals surface area contributed by atoms with E-state index in [9.17, 15) is 4.79 Å². The molecule has 1 saturated heterocycles. The van der Waals surface area contributed by atoms with Crippen LogP contribution >= 0.6 is 0 Å². The van der Waals surface area contributed by atoms with Crippen molar-refractivity contribution in [3.05, 3.63) is 34.9 Å². The van der Waals surface area contributed by atoms with Gasteiger partial charge in [-0.3, -0.25) is 0 Å². The lowest BCUT2D eigenvalue weighted by Gasteiger charge is -2.32. The number of urea groups is 1. The Morgan fingerprint density at radius 1 is 1.27 bits per heavy atom. The minimum Gasteiger partial charge on any atom is -0.378 e. The zero-order valence-corrected chi connectivity index (χ0v) is 14.2. The average Bonchev–Trinajstić information content (AvgIpc) is 2.47. The highest BCUT2D eigenvalue weighted by Crippen LogP contribution is 2.18. The molecule has 2 rings (SSSR count). The Morgan fingerprint density at radius 2 is 1.86 bits per heavy atom. The van der Waals surface area contributed by atoms with Gasteiger partial charge >= 0.3 is 6.03 Å². The van der Waals surface area contributed by atoms with E-state index in [1.807, 2.05) is 18.7 Å². The monoisotopic (exact) mass is 304 g/mol. The van der Waals surface area contributed by atoms with Crippen molar-refractivity contribution in [3.63, 3.8) is 0 Å². The Bertz CT molecular complexity index is 488. The molecule has 0 spiro atoms. The van der Waals surface area contributed by atoms with Crippen molar-refractivity contribution in [3.8, 4) is 0 Å². The fraction of sp³-hybridized carbons (Fsp3) is 0.611. The number of ether oxygens (including phenoxy) is 1. The van der Waals surface area contributed by atoms with Crippen LogP contribution in [0.3, 0.4) is 0 Å². The van der Waals surface area contributed by atoms with Crippen LogP contribution in [0.15, 0.2) is 18.2 Å². The molecule has 1 aromatic rings. The van der Waals surface area contributed by atoms with Crippen LogP contribution in [0.5, 0.6) is 0 Å². The third-order valence-corrected chi connectivity index (χ3v) is 4.22. The number of nitrogens with zero attached hydrogens (tertiary/aromatic N) is 1. The molecule has 4 nitrogen and oxygen atoms in total. The average molecular weight is 304 g/mol. The summed E-state index contributed by atoms with van der Waals surface area (Å²) in [6, 6.07) is 6.48. The summed E-state index contributed by atoms with van der Waals surface area (Å²) in [6.45, 7) is 10.5. The smallest absolute Gasteiger partial charge is 0.317 e. The number of piperidine rings is 1. The number of carbonyl (C=O) groups excluding carboxylic acids is 1. The standard InChI is InChI=1S/C18H28N2O2/c1-5-22-17-6-8-20(9-7-17)18(21)19-15(4)16-11-13(2)10-14(3)12-16/h10-12,15,17H,5-9H2,1-4H3,(H,19,21). The van der Waals surface area contributed by atoms with Crippen LogP contribution in [0.2, 0.25) is 0 Å². The van der Waals surface area contributed by atoms with Crippen LogP contribution < -0.4 is 5.32 Å². The molecule has 0 saturated carbocycles. The number of amides is 2. The van der Waals surface area contributed by atoms with Crippen molar-refractivity contribution in [1.82, 2.24) is 10.2 Å². The normalized spacial score (nSPS) is 17.4. The molecule has 0 bridgehead atoms. The third kappa shape index (κ3) is 4.47. The zero-order valence-electron chi connectivity index (χ0n) is 14.2. The number of aryl methyl sites for hydroxylation is 2. The van der Waals surface area contributed by atoms with Gasteiger partial charge in [-0.2, -0.15) is 0 Å².